The van der Waals surface area contributed by atoms with Crippen molar-refractivity contribution in [3.05, 3.63) is 35.9 Å². The molecule has 1 fully saturated rings. The third-order valence-corrected chi connectivity index (χ3v) is 4.24. The van der Waals surface area contributed by atoms with Crippen LogP contribution in [0.1, 0.15) is 25.8 Å². The van der Waals surface area contributed by atoms with Crippen molar-refractivity contribution in [2.24, 2.45) is 5.92 Å². The predicted octanol–water partition coefficient (Wildman–Crippen LogP) is 2.21. The molecule has 1 atom stereocenters. The molecule has 3 heteroatoms. The molecule has 112 valence electrons. The highest BCUT2D eigenvalue weighted by Crippen LogP contribution is 2.19. The molecular formula is C17H28N2O. The Morgan fingerprint density at radius 2 is 2.05 bits per heavy atom. The molecule has 1 aromatic carbocycles. The molecule has 1 aliphatic heterocycles. The summed E-state index contributed by atoms with van der Waals surface area (Å²) in [6.45, 7) is 10.2. The number of aliphatic hydroxyl groups is 1. The van der Waals surface area contributed by atoms with Gasteiger partial charge < -0.3 is 10.0 Å². The van der Waals surface area contributed by atoms with Gasteiger partial charge in [0.05, 0.1) is 6.61 Å². The van der Waals surface area contributed by atoms with Crippen LogP contribution < -0.4 is 0 Å². The first-order valence-electron chi connectivity index (χ1n) is 7.80. The van der Waals surface area contributed by atoms with Crippen LogP contribution in [0.15, 0.2) is 30.3 Å². The molecular weight excluding hydrogens is 248 g/mol. The molecule has 1 aliphatic rings. The van der Waals surface area contributed by atoms with E-state index in [1.54, 1.807) is 0 Å². The monoisotopic (exact) mass is 276 g/mol. The zero-order valence-electron chi connectivity index (χ0n) is 12.8. The van der Waals surface area contributed by atoms with Crippen LogP contribution in [-0.2, 0) is 6.54 Å². The van der Waals surface area contributed by atoms with Gasteiger partial charge in [-0.25, -0.2) is 0 Å². The van der Waals surface area contributed by atoms with Crippen LogP contribution in [0.4, 0.5) is 0 Å². The van der Waals surface area contributed by atoms with Gasteiger partial charge in [-0.2, -0.15) is 0 Å². The van der Waals surface area contributed by atoms with Crippen molar-refractivity contribution in [1.29, 1.82) is 0 Å². The molecule has 2 rings (SSSR count). The smallest absolute Gasteiger partial charge is 0.0558 e. The number of aliphatic hydroxyl groups excluding tert-OH is 1. The second-order valence-electron chi connectivity index (χ2n) is 6.19. The third kappa shape index (κ3) is 4.58. The number of hydrogen-bond donors (Lipinski definition) is 1. The van der Waals surface area contributed by atoms with Crippen molar-refractivity contribution in [3.63, 3.8) is 0 Å². The molecule has 0 aromatic heterocycles. The van der Waals surface area contributed by atoms with Crippen LogP contribution in [0.3, 0.4) is 0 Å². The maximum Gasteiger partial charge on any atom is 0.0558 e. The Hall–Kier alpha value is -0.900. The van der Waals surface area contributed by atoms with Crippen molar-refractivity contribution in [2.45, 2.75) is 32.9 Å². The SMILES string of the molecule is CC(C)N(Cc1ccccc1)C[C@H]1CCN(CCO)C1. The summed E-state index contributed by atoms with van der Waals surface area (Å²) in [6, 6.07) is 11.3. The Balaban J connectivity index is 1.87. The molecule has 0 radical (unpaired) electrons. The summed E-state index contributed by atoms with van der Waals surface area (Å²) >= 11 is 0. The minimum Gasteiger partial charge on any atom is -0.395 e. The maximum atomic E-state index is 9.03. The van der Waals surface area contributed by atoms with E-state index in [0.717, 1.165) is 38.6 Å². The van der Waals surface area contributed by atoms with Gasteiger partial charge in [-0.1, -0.05) is 30.3 Å². The topological polar surface area (TPSA) is 26.7 Å². The lowest BCUT2D eigenvalue weighted by Gasteiger charge is -2.29. The van der Waals surface area contributed by atoms with E-state index in [4.69, 9.17) is 5.11 Å². The Bertz CT molecular complexity index is 380. The Labute approximate surface area is 123 Å². The number of hydrogen-bond acceptors (Lipinski definition) is 3. The van der Waals surface area contributed by atoms with Gasteiger partial charge >= 0.3 is 0 Å². The molecule has 3 nitrogen and oxygen atoms in total. The van der Waals surface area contributed by atoms with Gasteiger partial charge in [0.25, 0.3) is 0 Å². The van der Waals surface area contributed by atoms with Gasteiger partial charge in [0.2, 0.25) is 0 Å². The summed E-state index contributed by atoms with van der Waals surface area (Å²) in [5, 5.41) is 9.03. The van der Waals surface area contributed by atoms with Crippen molar-refractivity contribution in [2.75, 3.05) is 32.8 Å². The summed E-state index contributed by atoms with van der Waals surface area (Å²) in [5.41, 5.74) is 1.39. The number of benzene rings is 1. The van der Waals surface area contributed by atoms with Crippen LogP contribution in [0.5, 0.6) is 0 Å². The second-order valence-corrected chi connectivity index (χ2v) is 6.19. The fraction of sp³-hybridized carbons (Fsp3) is 0.647. The van der Waals surface area contributed by atoms with Crippen molar-refractivity contribution in [1.82, 2.24) is 9.80 Å². The van der Waals surface area contributed by atoms with Gasteiger partial charge in [-0.05, 0) is 38.3 Å². The van der Waals surface area contributed by atoms with E-state index in [1.807, 2.05) is 0 Å². The van der Waals surface area contributed by atoms with E-state index in [-0.39, 0.29) is 6.61 Å². The first kappa shape index (κ1) is 15.5. The van der Waals surface area contributed by atoms with Crippen LogP contribution >= 0.6 is 0 Å². The van der Waals surface area contributed by atoms with E-state index in [9.17, 15) is 0 Å². The minimum absolute atomic E-state index is 0.282. The van der Waals surface area contributed by atoms with Crippen LogP contribution in [-0.4, -0.2) is 53.7 Å². The van der Waals surface area contributed by atoms with Crippen molar-refractivity contribution in [3.8, 4) is 0 Å². The van der Waals surface area contributed by atoms with Crippen LogP contribution in [0.25, 0.3) is 0 Å². The Kier molecular flexibility index (Phi) is 6.02. The third-order valence-electron chi connectivity index (χ3n) is 4.24. The maximum absolute atomic E-state index is 9.03. The number of nitrogens with zero attached hydrogens (tertiary/aromatic N) is 2. The van der Waals surface area contributed by atoms with E-state index in [0.29, 0.717) is 6.04 Å². The molecule has 0 amide bonds. The summed E-state index contributed by atoms with van der Waals surface area (Å²) in [6.07, 6.45) is 1.26. The lowest BCUT2D eigenvalue weighted by Crippen LogP contribution is -2.36. The molecule has 0 saturated carbocycles. The zero-order valence-corrected chi connectivity index (χ0v) is 12.8. The van der Waals surface area contributed by atoms with E-state index >= 15 is 0 Å². The van der Waals surface area contributed by atoms with E-state index < -0.39 is 0 Å². The number of β-amino-alcohol motifs (C(OH)–C–C–N with tert-alkyl or cyclic N) is 1. The largest absolute Gasteiger partial charge is 0.395 e. The van der Waals surface area contributed by atoms with Gasteiger partial charge in [-0.15, -0.1) is 0 Å². The highest BCUT2D eigenvalue weighted by molar-refractivity contribution is 5.14. The molecule has 0 spiro atoms. The van der Waals surface area contributed by atoms with E-state index in [1.165, 1.54) is 12.0 Å². The Morgan fingerprint density at radius 3 is 2.70 bits per heavy atom. The molecule has 1 aromatic rings. The number of rotatable bonds is 7. The first-order valence-corrected chi connectivity index (χ1v) is 7.80. The fourth-order valence-corrected chi connectivity index (χ4v) is 3.01. The summed E-state index contributed by atoms with van der Waals surface area (Å²) < 4.78 is 0. The van der Waals surface area contributed by atoms with Crippen LogP contribution in [0.2, 0.25) is 0 Å². The van der Waals surface area contributed by atoms with Gasteiger partial charge in [-0.3, -0.25) is 4.90 Å². The van der Waals surface area contributed by atoms with E-state index in [2.05, 4.69) is 54.0 Å². The quantitative estimate of drug-likeness (QED) is 0.827. The van der Waals surface area contributed by atoms with Gasteiger partial charge in [0.15, 0.2) is 0 Å². The molecule has 0 aliphatic carbocycles. The highest BCUT2D eigenvalue weighted by atomic mass is 16.3. The van der Waals surface area contributed by atoms with Crippen LogP contribution in [0, 0.1) is 5.92 Å². The average molecular weight is 276 g/mol. The van der Waals surface area contributed by atoms with Gasteiger partial charge in [0.1, 0.15) is 0 Å². The molecule has 20 heavy (non-hydrogen) atoms. The summed E-state index contributed by atoms with van der Waals surface area (Å²) in [7, 11) is 0. The normalized spacial score (nSPS) is 20.1. The predicted molar refractivity (Wildman–Crippen MR) is 83.6 cm³/mol. The summed E-state index contributed by atoms with van der Waals surface area (Å²) in [4.78, 5) is 4.95. The lowest BCUT2D eigenvalue weighted by atomic mass is 10.1. The highest BCUT2D eigenvalue weighted by Gasteiger charge is 2.24. The minimum atomic E-state index is 0.282. The molecule has 1 saturated heterocycles. The molecule has 1 N–H and O–H groups in total. The standard InChI is InChI=1S/C17H28N2O/c1-15(2)19(13-16-6-4-3-5-7-16)14-17-8-9-18(12-17)10-11-20/h3-7,15,17,20H,8-14H2,1-2H3/t17-/m0/s1. The van der Waals surface area contributed by atoms with Crippen molar-refractivity contribution < 1.29 is 5.11 Å². The number of likely N-dealkylation sites (tertiary alicyclic amines) is 1. The summed E-state index contributed by atoms with van der Waals surface area (Å²) in [5.74, 6) is 0.743. The Morgan fingerprint density at radius 1 is 1.30 bits per heavy atom. The first-order chi connectivity index (χ1) is 9.69. The molecule has 0 bridgehead atoms. The van der Waals surface area contributed by atoms with Crippen molar-refractivity contribution >= 4 is 0 Å². The molecule has 0 unspecified atom stereocenters. The average Bonchev–Trinajstić information content (AvgIpc) is 2.87. The lowest BCUT2D eigenvalue weighted by molar-refractivity contribution is 0.171. The zero-order chi connectivity index (χ0) is 14.4. The second kappa shape index (κ2) is 7.77. The fourth-order valence-electron chi connectivity index (χ4n) is 3.01. The molecule has 1 heterocycles. The van der Waals surface area contributed by atoms with Gasteiger partial charge in [0, 0.05) is 32.2 Å².